The van der Waals surface area contributed by atoms with E-state index in [0.29, 0.717) is 5.75 Å². The Labute approximate surface area is 122 Å². The van der Waals surface area contributed by atoms with Gasteiger partial charge in [-0.15, -0.1) is 0 Å². The van der Waals surface area contributed by atoms with Crippen LogP contribution in [0, 0.1) is 12.0 Å². The zero-order valence-electron chi connectivity index (χ0n) is 13.2. The van der Waals surface area contributed by atoms with Crippen LogP contribution in [-0.2, 0) is 5.41 Å². The molecule has 1 rings (SSSR count). The van der Waals surface area contributed by atoms with Crippen LogP contribution in [-0.4, -0.2) is 22.9 Å². The normalized spacial score (nSPS) is 14.2. The van der Waals surface area contributed by atoms with Crippen LogP contribution >= 0.6 is 0 Å². The summed E-state index contributed by atoms with van der Waals surface area (Å²) in [4.78, 5) is 0. The maximum Gasteiger partial charge on any atom is 0.119 e. The Bertz CT molecular complexity index is 401. The van der Waals surface area contributed by atoms with Gasteiger partial charge in [-0.3, -0.25) is 0 Å². The Hall–Kier alpha value is -1.06. The van der Waals surface area contributed by atoms with Crippen LogP contribution in [0.25, 0.3) is 0 Å². The molecule has 113 valence electrons. The van der Waals surface area contributed by atoms with E-state index in [4.69, 9.17) is 9.84 Å². The molecule has 0 fully saturated rings. The van der Waals surface area contributed by atoms with Crippen molar-refractivity contribution < 1.29 is 14.9 Å². The van der Waals surface area contributed by atoms with Gasteiger partial charge in [-0.2, -0.15) is 0 Å². The molecule has 0 aliphatic carbocycles. The Morgan fingerprint density at radius 2 is 1.65 bits per heavy atom. The average Bonchev–Trinajstić information content (AvgIpc) is 2.33. The van der Waals surface area contributed by atoms with Gasteiger partial charge in [0.25, 0.3) is 0 Å². The highest BCUT2D eigenvalue weighted by Crippen LogP contribution is 2.36. The number of benzene rings is 1. The molecule has 0 aliphatic rings. The fourth-order valence-corrected chi connectivity index (χ4v) is 2.65. The third-order valence-electron chi connectivity index (χ3n) is 3.20. The van der Waals surface area contributed by atoms with Crippen molar-refractivity contribution in [3.63, 3.8) is 0 Å². The van der Waals surface area contributed by atoms with Gasteiger partial charge < -0.3 is 14.9 Å². The van der Waals surface area contributed by atoms with Crippen LogP contribution in [0.5, 0.6) is 5.75 Å². The molecule has 1 atom stereocenters. The lowest BCUT2D eigenvalue weighted by Gasteiger charge is -2.33. The van der Waals surface area contributed by atoms with Crippen LogP contribution in [0.3, 0.4) is 0 Å². The second kappa shape index (κ2) is 6.59. The van der Waals surface area contributed by atoms with E-state index in [1.54, 1.807) is 0 Å². The Morgan fingerprint density at radius 1 is 1.10 bits per heavy atom. The van der Waals surface area contributed by atoms with E-state index in [-0.39, 0.29) is 17.4 Å². The van der Waals surface area contributed by atoms with E-state index in [1.807, 2.05) is 12.1 Å². The van der Waals surface area contributed by atoms with Crippen LogP contribution in [0.4, 0.5) is 0 Å². The maximum atomic E-state index is 9.20. The van der Waals surface area contributed by atoms with Crippen molar-refractivity contribution in [3.8, 4) is 5.75 Å². The molecule has 0 amide bonds. The first-order valence-electron chi connectivity index (χ1n) is 7.03. The number of rotatable bonds is 6. The molecular weight excluding hydrogens is 252 g/mol. The van der Waals surface area contributed by atoms with Crippen molar-refractivity contribution in [2.75, 3.05) is 6.61 Å². The molecular formula is C17H27O3. The minimum absolute atomic E-state index is 0.0568. The molecule has 0 saturated carbocycles. The van der Waals surface area contributed by atoms with E-state index in [9.17, 15) is 5.11 Å². The van der Waals surface area contributed by atoms with Gasteiger partial charge in [0.05, 0.1) is 0 Å². The first kappa shape index (κ1) is 17.0. The van der Waals surface area contributed by atoms with Crippen molar-refractivity contribution in [3.05, 3.63) is 36.4 Å². The first-order chi connectivity index (χ1) is 9.14. The third kappa shape index (κ3) is 5.51. The molecule has 1 aromatic carbocycles. The first-order valence-corrected chi connectivity index (χ1v) is 7.03. The average molecular weight is 279 g/mol. The lowest BCUT2D eigenvalue weighted by atomic mass is 9.72. The summed E-state index contributed by atoms with van der Waals surface area (Å²) >= 11 is 0. The Kier molecular flexibility index (Phi) is 5.60. The van der Waals surface area contributed by atoms with Gasteiger partial charge in [0.1, 0.15) is 25.1 Å². The third-order valence-corrected chi connectivity index (χ3v) is 3.20. The lowest BCUT2D eigenvalue weighted by molar-refractivity contribution is 0.0914. The highest BCUT2D eigenvalue weighted by Gasteiger charge is 2.27. The van der Waals surface area contributed by atoms with Crippen molar-refractivity contribution in [2.45, 2.75) is 52.6 Å². The van der Waals surface area contributed by atoms with Crippen molar-refractivity contribution in [1.29, 1.82) is 0 Å². The largest absolute Gasteiger partial charge is 0.491 e. The zero-order valence-corrected chi connectivity index (χ0v) is 13.2. The fourth-order valence-electron chi connectivity index (χ4n) is 2.65. The predicted octanol–water partition coefficient (Wildman–Crippen LogP) is 3.67. The number of hydrogen-bond acceptors (Lipinski definition) is 3. The molecule has 2 N–H and O–H groups in total. The monoisotopic (exact) mass is 279 g/mol. The van der Waals surface area contributed by atoms with E-state index < -0.39 is 6.10 Å². The minimum atomic E-state index is -0.952. The standard InChI is InChI=1S/C17H27O3/c1-16(2,3)12-17(4,5)13-6-8-15(9-7-13)20-11-14(19)10-18/h6-10,14,18-19H,11-12H2,1-5H3. The summed E-state index contributed by atoms with van der Waals surface area (Å²) in [7, 11) is 0. The van der Waals surface area contributed by atoms with Crippen molar-refractivity contribution >= 4 is 0 Å². The summed E-state index contributed by atoms with van der Waals surface area (Å²) in [5.41, 5.74) is 1.66. The molecule has 20 heavy (non-hydrogen) atoms. The Morgan fingerprint density at radius 3 is 2.10 bits per heavy atom. The highest BCUT2D eigenvalue weighted by molar-refractivity contribution is 5.31. The topological polar surface area (TPSA) is 49.7 Å². The van der Waals surface area contributed by atoms with Crippen LogP contribution in [0.15, 0.2) is 24.3 Å². The minimum Gasteiger partial charge on any atom is -0.491 e. The smallest absolute Gasteiger partial charge is 0.119 e. The van der Waals surface area contributed by atoms with Gasteiger partial charge in [0.15, 0.2) is 0 Å². The SMILES string of the molecule is CC(C)(C)CC(C)(C)c1ccc(OCC(O)[CH]O)cc1. The number of aliphatic hydroxyl groups is 2. The summed E-state index contributed by atoms with van der Waals surface area (Å²) in [6.45, 7) is 12.0. The second-order valence-electron chi connectivity index (χ2n) is 7.17. The maximum absolute atomic E-state index is 9.20. The van der Waals surface area contributed by atoms with Gasteiger partial charge in [-0.05, 0) is 34.9 Å². The molecule has 0 bridgehead atoms. The summed E-state index contributed by atoms with van der Waals surface area (Å²) in [6.07, 6.45) is 0.144. The summed E-state index contributed by atoms with van der Waals surface area (Å²) in [5, 5.41) is 17.8. The Balaban J connectivity index is 2.70. The molecule has 0 aliphatic heterocycles. The second-order valence-corrected chi connectivity index (χ2v) is 7.17. The van der Waals surface area contributed by atoms with E-state index >= 15 is 0 Å². The van der Waals surface area contributed by atoms with Gasteiger partial charge in [-0.25, -0.2) is 0 Å². The quantitative estimate of drug-likeness (QED) is 0.835. The molecule has 1 aromatic rings. The molecule has 1 radical (unpaired) electrons. The van der Waals surface area contributed by atoms with Gasteiger partial charge in [0.2, 0.25) is 0 Å². The summed E-state index contributed by atoms with van der Waals surface area (Å²) < 4.78 is 5.39. The van der Waals surface area contributed by atoms with E-state index in [2.05, 4.69) is 46.8 Å². The predicted molar refractivity (Wildman–Crippen MR) is 81.3 cm³/mol. The fraction of sp³-hybridized carbons (Fsp3) is 0.588. The molecule has 0 heterocycles. The van der Waals surface area contributed by atoms with E-state index in [0.717, 1.165) is 13.0 Å². The van der Waals surface area contributed by atoms with E-state index in [1.165, 1.54) is 5.56 Å². The lowest BCUT2D eigenvalue weighted by Crippen LogP contribution is -2.24. The molecule has 0 aromatic heterocycles. The van der Waals surface area contributed by atoms with Gasteiger partial charge in [-0.1, -0.05) is 46.8 Å². The number of hydrogen-bond donors (Lipinski definition) is 2. The van der Waals surface area contributed by atoms with Crippen molar-refractivity contribution in [1.82, 2.24) is 0 Å². The van der Waals surface area contributed by atoms with Crippen LogP contribution in [0.2, 0.25) is 0 Å². The molecule has 3 heteroatoms. The molecule has 0 spiro atoms. The highest BCUT2D eigenvalue weighted by atomic mass is 16.5. The molecule has 0 saturated heterocycles. The number of ether oxygens (including phenoxy) is 1. The van der Waals surface area contributed by atoms with Crippen LogP contribution in [0.1, 0.15) is 46.6 Å². The van der Waals surface area contributed by atoms with Gasteiger partial charge >= 0.3 is 0 Å². The van der Waals surface area contributed by atoms with Gasteiger partial charge in [0, 0.05) is 0 Å². The number of aliphatic hydroxyl groups excluding tert-OH is 2. The zero-order chi connectivity index (χ0) is 15.4. The summed E-state index contributed by atoms with van der Waals surface area (Å²) in [6, 6.07) is 7.94. The van der Waals surface area contributed by atoms with Crippen LogP contribution < -0.4 is 4.74 Å². The molecule has 1 unspecified atom stereocenters. The summed E-state index contributed by atoms with van der Waals surface area (Å²) in [5.74, 6) is 0.696. The molecule has 3 nitrogen and oxygen atoms in total. The van der Waals surface area contributed by atoms with Crippen molar-refractivity contribution in [2.24, 2.45) is 5.41 Å².